The molecule has 6 bridgehead atoms. The van der Waals surface area contributed by atoms with E-state index < -0.39 is 35.4 Å². The Bertz CT molecular complexity index is 2270. The molecule has 1 aromatic carbocycles. The molecule has 14 nitrogen and oxygen atoms in total. The zero-order valence-electron chi connectivity index (χ0n) is 37.1. The third-order valence-electron chi connectivity index (χ3n) is 12.6. The van der Waals surface area contributed by atoms with Gasteiger partial charge >= 0.3 is 5.97 Å². The molecule has 6 heterocycles. The number of nitrogens with one attached hydrogen (secondary N) is 2. The number of amides is 3. The van der Waals surface area contributed by atoms with Crippen molar-refractivity contribution in [1.82, 2.24) is 40.1 Å². The van der Waals surface area contributed by atoms with Crippen molar-refractivity contribution in [3.05, 3.63) is 58.2 Å². The summed E-state index contributed by atoms with van der Waals surface area (Å²) in [5.74, 6) is -1.71. The van der Waals surface area contributed by atoms with E-state index in [2.05, 4.69) is 65.2 Å². The first-order chi connectivity index (χ1) is 29.1. The first-order valence-corrected chi connectivity index (χ1v) is 22.6. The molecule has 2 saturated heterocycles. The minimum atomic E-state index is -1.02. The number of aromatic nitrogens is 3. The number of carbonyl (C=O) groups is 4. The second-order valence-electron chi connectivity index (χ2n) is 18.2. The largest absolute Gasteiger partial charge is 0.464 e. The molecule has 0 radical (unpaired) electrons. The number of carbonyl (C=O) groups excluding carboxylic acids is 4. The summed E-state index contributed by atoms with van der Waals surface area (Å²) in [6, 6.07) is 7.90. The summed E-state index contributed by atoms with van der Waals surface area (Å²) in [5, 5.41) is 8.24. The molecule has 3 aliphatic rings. The Kier molecular flexibility index (Phi) is 13.3. The van der Waals surface area contributed by atoms with Crippen LogP contribution < -0.4 is 10.7 Å². The molecule has 3 aromatic heterocycles. The van der Waals surface area contributed by atoms with E-state index in [1.807, 2.05) is 39.3 Å². The Morgan fingerprint density at radius 2 is 1.93 bits per heavy atom. The van der Waals surface area contributed by atoms with E-state index in [1.54, 1.807) is 25.3 Å². The number of hydrazine groups is 1. The average Bonchev–Trinajstić information content (AvgIpc) is 3.98. The van der Waals surface area contributed by atoms with Gasteiger partial charge in [-0.1, -0.05) is 33.8 Å². The fraction of sp³-hybridized carbons (Fsp3) is 0.565. The summed E-state index contributed by atoms with van der Waals surface area (Å²) in [6.45, 7) is 14.9. The second-order valence-corrected chi connectivity index (χ2v) is 19.1. The van der Waals surface area contributed by atoms with Crippen molar-refractivity contribution in [2.45, 2.75) is 104 Å². The fourth-order valence-electron chi connectivity index (χ4n) is 9.31. The number of methoxy groups -OCH3 is 1. The number of cyclic esters (lactones) is 1. The van der Waals surface area contributed by atoms with Gasteiger partial charge in [0.2, 0.25) is 11.8 Å². The third-order valence-corrected chi connectivity index (χ3v) is 13.4. The van der Waals surface area contributed by atoms with E-state index in [9.17, 15) is 19.2 Å². The number of aryl methyl sites for hydroxylation is 1. The number of fused-ring (bicyclic) bond motifs is 6. The van der Waals surface area contributed by atoms with E-state index in [4.69, 9.17) is 19.4 Å². The van der Waals surface area contributed by atoms with Crippen LogP contribution in [0.1, 0.15) is 83.2 Å². The van der Waals surface area contributed by atoms with Crippen LogP contribution in [0.25, 0.3) is 33.4 Å². The van der Waals surface area contributed by atoms with Gasteiger partial charge in [-0.15, -0.1) is 11.3 Å². The highest BCUT2D eigenvalue weighted by Gasteiger charge is 2.40. The molecule has 4 aromatic rings. The van der Waals surface area contributed by atoms with Crippen LogP contribution >= 0.6 is 11.3 Å². The van der Waals surface area contributed by atoms with Gasteiger partial charge in [-0.3, -0.25) is 29.2 Å². The topological polar surface area (TPSA) is 151 Å². The fourth-order valence-corrected chi connectivity index (χ4v) is 10.2. The van der Waals surface area contributed by atoms with Crippen molar-refractivity contribution in [3.8, 4) is 22.5 Å². The Balaban J connectivity index is 1.30. The highest BCUT2D eigenvalue weighted by molar-refractivity contribution is 7.10. The minimum absolute atomic E-state index is 0.0760. The number of pyridine rings is 1. The number of benzene rings is 1. The van der Waals surface area contributed by atoms with Crippen molar-refractivity contribution in [1.29, 1.82) is 0 Å². The van der Waals surface area contributed by atoms with E-state index in [0.29, 0.717) is 43.9 Å². The molecule has 2 fully saturated rings. The van der Waals surface area contributed by atoms with Crippen LogP contribution in [-0.2, 0) is 48.0 Å². The Hall–Kier alpha value is -4.70. The molecule has 328 valence electrons. The molecular weight excluding hydrogens is 793 g/mol. The number of esters is 1. The van der Waals surface area contributed by atoms with Gasteiger partial charge in [-0.05, 0) is 88.9 Å². The van der Waals surface area contributed by atoms with Crippen LogP contribution in [0.2, 0.25) is 0 Å². The molecule has 2 N–H and O–H groups in total. The molecule has 3 amide bonds. The lowest BCUT2D eigenvalue weighted by Crippen LogP contribution is -2.62. The van der Waals surface area contributed by atoms with Gasteiger partial charge in [0.1, 0.15) is 18.1 Å². The second kappa shape index (κ2) is 18.3. The Labute approximate surface area is 363 Å². The van der Waals surface area contributed by atoms with Gasteiger partial charge in [-0.2, -0.15) is 0 Å². The van der Waals surface area contributed by atoms with E-state index in [-0.39, 0.29) is 42.8 Å². The zero-order chi connectivity index (χ0) is 43.7. The SMILES string of the molecule is CCn1c(-c2cccnc2[C@H](C)OC)c2c3cc(ccc31)-c1csc(n1)C[C@H](NC(=O)[C@H](C(C)C)N(C)C(=O)[C@H]1CCN(C)C1)C(=O)N1CCC[C@H](N1)C(=O)OCC(C)(C)C2. The van der Waals surface area contributed by atoms with Gasteiger partial charge in [-0.25, -0.2) is 10.4 Å². The Morgan fingerprint density at radius 1 is 1.15 bits per heavy atom. The van der Waals surface area contributed by atoms with Crippen molar-refractivity contribution >= 4 is 45.9 Å². The summed E-state index contributed by atoms with van der Waals surface area (Å²) < 4.78 is 14.2. The van der Waals surface area contributed by atoms with Crippen molar-refractivity contribution in [2.24, 2.45) is 17.3 Å². The maximum absolute atomic E-state index is 14.5. The smallest absolute Gasteiger partial charge is 0.324 e. The van der Waals surface area contributed by atoms with Crippen LogP contribution in [0.3, 0.4) is 0 Å². The van der Waals surface area contributed by atoms with Crippen LogP contribution in [0.5, 0.6) is 0 Å². The van der Waals surface area contributed by atoms with Crippen molar-refractivity contribution < 1.29 is 28.7 Å². The Morgan fingerprint density at radius 3 is 2.64 bits per heavy atom. The zero-order valence-corrected chi connectivity index (χ0v) is 37.9. The number of ether oxygens (including phenoxy) is 2. The lowest BCUT2D eigenvalue weighted by molar-refractivity contribution is -0.155. The molecular formula is C46H62N8O6S. The monoisotopic (exact) mass is 854 g/mol. The maximum atomic E-state index is 14.5. The van der Waals surface area contributed by atoms with E-state index in [0.717, 1.165) is 57.6 Å². The predicted octanol–water partition coefficient (Wildman–Crippen LogP) is 5.64. The minimum Gasteiger partial charge on any atom is -0.464 e. The summed E-state index contributed by atoms with van der Waals surface area (Å²) in [4.78, 5) is 69.9. The maximum Gasteiger partial charge on any atom is 0.324 e. The van der Waals surface area contributed by atoms with Crippen LogP contribution in [0.15, 0.2) is 41.9 Å². The molecule has 3 aliphatic heterocycles. The van der Waals surface area contributed by atoms with Gasteiger partial charge in [0.25, 0.3) is 5.91 Å². The standard InChI is InChI=1S/C46H62N8O6S/c1-10-53-37-16-15-29-21-32(37)33(41(53)31-13-11-18-47-39(31)28(4)59-9)23-46(5,6)26-60-45(58)34-14-12-19-54(50-34)44(57)35(22-38-48-36(29)25-61-38)49-42(55)40(27(2)3)52(8)43(56)30-17-20-51(7)24-30/h11,13,15-16,18,21,25,27-28,30,34-35,40,50H,10,12,14,17,19-20,22-24,26H2,1-9H3,(H,49,55)/t28-,30-,34-,35-,40-/m0/s1. The number of nitrogens with zero attached hydrogens (tertiary/aromatic N) is 6. The number of thiazole rings is 1. The summed E-state index contributed by atoms with van der Waals surface area (Å²) in [7, 11) is 5.37. The molecule has 5 atom stereocenters. The van der Waals surface area contributed by atoms with Crippen LogP contribution in [0, 0.1) is 17.3 Å². The number of hydrogen-bond donors (Lipinski definition) is 2. The molecule has 0 aliphatic carbocycles. The first kappa shape index (κ1) is 44.4. The number of likely N-dealkylation sites (tertiary alicyclic amines) is 1. The lowest BCUT2D eigenvalue weighted by atomic mass is 9.84. The lowest BCUT2D eigenvalue weighted by Gasteiger charge is -2.36. The normalized spacial score (nSPS) is 22.2. The highest BCUT2D eigenvalue weighted by atomic mass is 32.1. The van der Waals surface area contributed by atoms with E-state index >= 15 is 0 Å². The van der Waals surface area contributed by atoms with Crippen LogP contribution in [0.4, 0.5) is 0 Å². The molecule has 15 heteroatoms. The van der Waals surface area contributed by atoms with Gasteiger partial charge < -0.3 is 29.2 Å². The molecule has 7 rings (SSSR count). The summed E-state index contributed by atoms with van der Waals surface area (Å²) in [6.07, 6.45) is 4.07. The quantitative estimate of drug-likeness (QED) is 0.203. The van der Waals surface area contributed by atoms with Gasteiger partial charge in [0.05, 0.1) is 40.7 Å². The van der Waals surface area contributed by atoms with Gasteiger partial charge in [0.15, 0.2) is 0 Å². The summed E-state index contributed by atoms with van der Waals surface area (Å²) >= 11 is 1.43. The number of rotatable bonds is 9. The first-order valence-electron chi connectivity index (χ1n) is 21.7. The number of hydrogen-bond acceptors (Lipinski definition) is 11. The highest BCUT2D eigenvalue weighted by Crippen LogP contribution is 2.42. The molecule has 0 unspecified atom stereocenters. The average molecular weight is 855 g/mol. The third kappa shape index (κ3) is 9.25. The van der Waals surface area contributed by atoms with Crippen molar-refractivity contribution in [2.75, 3.05) is 47.4 Å². The molecule has 0 spiro atoms. The van der Waals surface area contributed by atoms with Crippen molar-refractivity contribution in [3.63, 3.8) is 0 Å². The van der Waals surface area contributed by atoms with E-state index in [1.165, 1.54) is 16.3 Å². The van der Waals surface area contributed by atoms with Gasteiger partial charge in [0, 0.05) is 79.2 Å². The molecule has 0 saturated carbocycles. The summed E-state index contributed by atoms with van der Waals surface area (Å²) in [5.41, 5.74) is 9.42. The molecule has 61 heavy (non-hydrogen) atoms. The number of likely N-dealkylation sites (N-methyl/N-ethyl adjacent to an activating group) is 1. The predicted molar refractivity (Wildman–Crippen MR) is 236 cm³/mol. The van der Waals surface area contributed by atoms with Crippen LogP contribution in [-0.4, -0.2) is 119 Å².